The van der Waals surface area contributed by atoms with E-state index in [0.717, 1.165) is 32.4 Å². The second kappa shape index (κ2) is 6.69. The Morgan fingerprint density at radius 2 is 2.21 bits per heavy atom. The summed E-state index contributed by atoms with van der Waals surface area (Å²) in [4.78, 5) is 2.12. The van der Waals surface area contributed by atoms with E-state index < -0.39 is 15.4 Å². The summed E-state index contributed by atoms with van der Waals surface area (Å²) in [7, 11) is -0.839. The Hall–Kier alpha value is -0.640. The fourth-order valence-electron chi connectivity index (χ4n) is 2.56. The maximum Gasteiger partial charge on any atom is 0.151 e. The first-order valence-corrected chi connectivity index (χ1v) is 8.71. The van der Waals surface area contributed by atoms with Gasteiger partial charge in [0, 0.05) is 6.04 Å². The second-order valence-corrected chi connectivity index (χ2v) is 7.84. The van der Waals surface area contributed by atoms with E-state index in [1.165, 1.54) is 0 Å². The van der Waals surface area contributed by atoms with Gasteiger partial charge in [-0.3, -0.25) is 5.32 Å². The van der Waals surface area contributed by atoms with Gasteiger partial charge in [0.05, 0.1) is 17.6 Å². The molecule has 2 unspecified atom stereocenters. The maximum atomic E-state index is 11.4. The lowest BCUT2D eigenvalue weighted by Gasteiger charge is -2.26. The van der Waals surface area contributed by atoms with Gasteiger partial charge >= 0.3 is 0 Å². The van der Waals surface area contributed by atoms with Crippen LogP contribution in [-0.2, 0) is 9.84 Å². The van der Waals surface area contributed by atoms with Crippen molar-refractivity contribution >= 4 is 9.84 Å². The molecule has 0 amide bonds. The third-order valence-corrected chi connectivity index (χ3v) is 5.58. The van der Waals surface area contributed by atoms with Crippen molar-refractivity contribution in [1.82, 2.24) is 10.2 Å². The molecule has 0 aromatic heterocycles. The summed E-state index contributed by atoms with van der Waals surface area (Å²) >= 11 is 0. The van der Waals surface area contributed by atoms with Gasteiger partial charge in [-0.05, 0) is 46.3 Å². The molecule has 6 heteroatoms. The van der Waals surface area contributed by atoms with Crippen molar-refractivity contribution in [2.45, 2.75) is 44.7 Å². The summed E-state index contributed by atoms with van der Waals surface area (Å²) < 4.78 is 22.9. The van der Waals surface area contributed by atoms with Gasteiger partial charge in [0.1, 0.15) is 5.54 Å². The molecule has 1 aliphatic heterocycles. The van der Waals surface area contributed by atoms with Gasteiger partial charge in [0.25, 0.3) is 0 Å². The number of nitrogens with zero attached hydrogens (tertiary/aromatic N) is 2. The third kappa shape index (κ3) is 5.09. The maximum absolute atomic E-state index is 11.4. The summed E-state index contributed by atoms with van der Waals surface area (Å²) in [5.41, 5.74) is -0.475. The minimum atomic E-state index is -2.81. The summed E-state index contributed by atoms with van der Waals surface area (Å²) in [6.07, 6.45) is 2.41. The molecule has 19 heavy (non-hydrogen) atoms. The lowest BCUT2D eigenvalue weighted by atomic mass is 9.97. The van der Waals surface area contributed by atoms with Crippen molar-refractivity contribution in [2.24, 2.45) is 0 Å². The number of hydrogen-bond donors (Lipinski definition) is 1. The number of sulfone groups is 1. The van der Waals surface area contributed by atoms with Gasteiger partial charge in [-0.25, -0.2) is 8.42 Å². The number of nitrogens with one attached hydrogen (secondary N) is 1. The van der Waals surface area contributed by atoms with Crippen LogP contribution < -0.4 is 5.32 Å². The minimum Gasteiger partial charge on any atom is -0.302 e. The van der Waals surface area contributed by atoms with Crippen LogP contribution in [0.15, 0.2) is 0 Å². The molecule has 1 aliphatic rings. The van der Waals surface area contributed by atoms with Crippen molar-refractivity contribution in [2.75, 3.05) is 31.6 Å². The molecule has 1 N–H and O–H groups in total. The molecular formula is C13H25N3O2S. The van der Waals surface area contributed by atoms with Gasteiger partial charge in [-0.2, -0.15) is 5.26 Å². The number of nitriles is 1. The van der Waals surface area contributed by atoms with Crippen LogP contribution in [0.1, 0.15) is 33.1 Å². The first-order chi connectivity index (χ1) is 8.82. The summed E-state index contributed by atoms with van der Waals surface area (Å²) in [5.74, 6) is 0.599. The van der Waals surface area contributed by atoms with E-state index in [1.54, 1.807) is 0 Å². The Bertz CT molecular complexity index is 430. The first kappa shape index (κ1) is 16.4. The van der Waals surface area contributed by atoms with Crippen molar-refractivity contribution in [3.05, 3.63) is 0 Å². The zero-order chi connectivity index (χ0) is 14.5. The zero-order valence-electron chi connectivity index (χ0n) is 12.1. The van der Waals surface area contributed by atoms with Crippen LogP contribution >= 0.6 is 0 Å². The van der Waals surface area contributed by atoms with Gasteiger partial charge in [0.2, 0.25) is 0 Å². The predicted octanol–water partition coefficient (Wildman–Crippen LogP) is 0.777. The highest BCUT2D eigenvalue weighted by Gasteiger charge is 2.30. The first-order valence-electron chi connectivity index (χ1n) is 6.89. The fraction of sp³-hybridized carbons (Fsp3) is 0.923. The summed E-state index contributed by atoms with van der Waals surface area (Å²) in [6.45, 7) is 5.52. The molecule has 2 atom stereocenters. The van der Waals surface area contributed by atoms with Gasteiger partial charge in [0.15, 0.2) is 9.84 Å². The van der Waals surface area contributed by atoms with Gasteiger partial charge in [-0.1, -0.05) is 6.92 Å². The molecule has 0 bridgehead atoms. The van der Waals surface area contributed by atoms with Crippen molar-refractivity contribution in [3.8, 4) is 6.07 Å². The molecule has 1 heterocycles. The second-order valence-electron chi connectivity index (χ2n) is 5.62. The van der Waals surface area contributed by atoms with E-state index in [1.807, 2.05) is 20.9 Å². The van der Waals surface area contributed by atoms with Crippen LogP contribution in [0.25, 0.3) is 0 Å². The van der Waals surface area contributed by atoms with Crippen LogP contribution in [-0.4, -0.2) is 56.5 Å². The minimum absolute atomic E-state index is 0.150. The monoisotopic (exact) mass is 287 g/mol. The Balaban J connectivity index is 2.35. The predicted molar refractivity (Wildman–Crippen MR) is 76.6 cm³/mol. The fourth-order valence-corrected chi connectivity index (χ4v) is 4.37. The van der Waals surface area contributed by atoms with Gasteiger partial charge in [-0.15, -0.1) is 0 Å². The van der Waals surface area contributed by atoms with Crippen LogP contribution in [0.3, 0.4) is 0 Å². The van der Waals surface area contributed by atoms with Crippen molar-refractivity contribution < 1.29 is 8.42 Å². The highest BCUT2D eigenvalue weighted by Crippen LogP contribution is 2.18. The van der Waals surface area contributed by atoms with Crippen LogP contribution in [0.4, 0.5) is 0 Å². The standard InChI is InChI=1S/C13H25N3O2S/c1-4-15-13(2,11-14)7-5-8-16(3)12-6-9-19(17,18)10-12/h12,15H,4-10H2,1-3H3. The molecular weight excluding hydrogens is 262 g/mol. The van der Waals surface area contributed by atoms with Crippen LogP contribution in [0.2, 0.25) is 0 Å². The summed E-state index contributed by atoms with van der Waals surface area (Å²) in [6, 6.07) is 2.46. The molecule has 110 valence electrons. The molecule has 0 aliphatic carbocycles. The normalized spacial score (nSPS) is 25.1. The lowest BCUT2D eigenvalue weighted by Crippen LogP contribution is -2.42. The Morgan fingerprint density at radius 1 is 1.53 bits per heavy atom. The molecule has 0 spiro atoms. The van der Waals surface area contributed by atoms with E-state index in [0.29, 0.717) is 5.75 Å². The largest absolute Gasteiger partial charge is 0.302 e. The van der Waals surface area contributed by atoms with E-state index in [9.17, 15) is 8.42 Å². The topological polar surface area (TPSA) is 73.2 Å². The SMILES string of the molecule is CCNC(C)(C#N)CCCN(C)C1CCS(=O)(=O)C1. The third-order valence-electron chi connectivity index (χ3n) is 3.83. The van der Waals surface area contributed by atoms with Gasteiger partial charge < -0.3 is 4.90 Å². The number of rotatable bonds is 7. The van der Waals surface area contributed by atoms with Crippen molar-refractivity contribution in [1.29, 1.82) is 5.26 Å². The summed E-state index contributed by atoms with van der Waals surface area (Å²) in [5, 5.41) is 12.3. The Morgan fingerprint density at radius 3 is 2.68 bits per heavy atom. The van der Waals surface area contributed by atoms with Crippen molar-refractivity contribution in [3.63, 3.8) is 0 Å². The quantitative estimate of drug-likeness (QED) is 0.749. The molecule has 1 rings (SSSR count). The average molecular weight is 287 g/mol. The van der Waals surface area contributed by atoms with Crippen LogP contribution in [0.5, 0.6) is 0 Å². The highest BCUT2D eigenvalue weighted by molar-refractivity contribution is 7.91. The van der Waals surface area contributed by atoms with E-state index in [4.69, 9.17) is 5.26 Å². The molecule has 0 aromatic rings. The zero-order valence-corrected chi connectivity index (χ0v) is 13.0. The highest BCUT2D eigenvalue weighted by atomic mass is 32.2. The molecule has 5 nitrogen and oxygen atoms in total. The van der Waals surface area contributed by atoms with E-state index in [-0.39, 0.29) is 11.8 Å². The smallest absolute Gasteiger partial charge is 0.151 e. The Labute approximate surface area is 116 Å². The molecule has 0 aromatic carbocycles. The van der Waals surface area contributed by atoms with E-state index >= 15 is 0 Å². The molecule has 0 radical (unpaired) electrons. The average Bonchev–Trinajstić information content (AvgIpc) is 2.70. The van der Waals surface area contributed by atoms with E-state index in [2.05, 4.69) is 16.3 Å². The van der Waals surface area contributed by atoms with Crippen LogP contribution in [0, 0.1) is 11.3 Å². The molecule has 0 saturated carbocycles. The molecule has 1 fully saturated rings. The molecule has 1 saturated heterocycles. The number of hydrogen-bond acceptors (Lipinski definition) is 5. The Kier molecular flexibility index (Phi) is 5.78. The lowest BCUT2D eigenvalue weighted by molar-refractivity contribution is 0.247.